The molecule has 9 nitrogen and oxygen atoms in total. The van der Waals surface area contributed by atoms with Gasteiger partial charge in [-0.2, -0.15) is 16.8 Å². The first kappa shape index (κ1) is 33.6. The molecule has 0 atom stereocenters. The molecule has 12 heteroatoms. The average molecular weight is 446 g/mol. The third-order valence-electron chi connectivity index (χ3n) is 2.47. The zero-order valence-corrected chi connectivity index (χ0v) is 18.1. The van der Waals surface area contributed by atoms with Gasteiger partial charge in [0.05, 0.1) is 18.1 Å². The van der Waals surface area contributed by atoms with E-state index in [0.29, 0.717) is 26.0 Å². The minimum Gasteiger partial charge on any atom is -0.396 e. The fourth-order valence-corrected chi connectivity index (χ4v) is 2.47. The van der Waals surface area contributed by atoms with Crippen molar-refractivity contribution in [1.29, 1.82) is 0 Å². The molecule has 0 aromatic rings. The Kier molecular flexibility index (Phi) is 29.7. The lowest BCUT2D eigenvalue weighted by atomic mass is 10.2. The Labute approximate surface area is 164 Å². The summed E-state index contributed by atoms with van der Waals surface area (Å²) in [5.41, 5.74) is 0. The van der Waals surface area contributed by atoms with Crippen LogP contribution in [0.25, 0.3) is 0 Å². The SMILES string of the molecule is CCCS(=O)(=O)O.CCCS(=O)(=O)O.Cl.OCCCCCCNCCO. The Hall–Kier alpha value is -0.0100. The Bertz CT molecular complexity index is 416. The summed E-state index contributed by atoms with van der Waals surface area (Å²) in [7, 11) is -7.35. The maximum atomic E-state index is 9.79. The van der Waals surface area contributed by atoms with E-state index >= 15 is 0 Å². The van der Waals surface area contributed by atoms with Crippen LogP contribution in [0.2, 0.25) is 0 Å². The third kappa shape index (κ3) is 49.6. The summed E-state index contributed by atoms with van der Waals surface area (Å²) in [6, 6.07) is 0. The zero-order valence-electron chi connectivity index (χ0n) is 15.6. The predicted octanol–water partition coefficient (Wildman–Crippen LogP) is 1.11. The Morgan fingerprint density at radius 1 is 0.692 bits per heavy atom. The standard InChI is InChI=1S/C8H19NO2.2C3H8O3S.ClH/c10-7-4-2-1-3-5-9-6-8-11;2*1-2-3-7(4,5)6;/h9-11H,1-8H2;2*2-3H2,1H3,(H,4,5,6);1H. The van der Waals surface area contributed by atoms with Gasteiger partial charge >= 0.3 is 0 Å². The van der Waals surface area contributed by atoms with Crippen molar-refractivity contribution in [3.63, 3.8) is 0 Å². The molecule has 0 aromatic heterocycles. The van der Waals surface area contributed by atoms with Crippen molar-refractivity contribution in [1.82, 2.24) is 5.32 Å². The van der Waals surface area contributed by atoms with E-state index in [0.717, 1.165) is 25.8 Å². The molecule has 0 saturated carbocycles. The lowest BCUT2D eigenvalue weighted by Gasteiger charge is -2.01. The molecule has 0 spiro atoms. The average Bonchev–Trinajstić information content (AvgIpc) is 2.45. The summed E-state index contributed by atoms with van der Waals surface area (Å²) in [6.07, 6.45) is 5.27. The minimum atomic E-state index is -3.67. The van der Waals surface area contributed by atoms with Gasteiger partial charge in [-0.3, -0.25) is 9.11 Å². The number of hydrogen-bond acceptors (Lipinski definition) is 7. The van der Waals surface area contributed by atoms with Crippen LogP contribution in [0.3, 0.4) is 0 Å². The van der Waals surface area contributed by atoms with Crippen LogP contribution in [0.5, 0.6) is 0 Å². The van der Waals surface area contributed by atoms with Gasteiger partial charge < -0.3 is 15.5 Å². The van der Waals surface area contributed by atoms with Gasteiger partial charge in [0, 0.05) is 13.2 Å². The summed E-state index contributed by atoms with van der Waals surface area (Å²) >= 11 is 0. The van der Waals surface area contributed by atoms with Crippen molar-refractivity contribution in [2.45, 2.75) is 52.4 Å². The summed E-state index contributed by atoms with van der Waals surface area (Å²) in [6.45, 7) is 5.58. The van der Waals surface area contributed by atoms with Crippen LogP contribution in [0.4, 0.5) is 0 Å². The van der Waals surface area contributed by atoms with Gasteiger partial charge in [-0.1, -0.05) is 26.7 Å². The van der Waals surface area contributed by atoms with E-state index in [1.807, 2.05) is 0 Å². The first-order chi connectivity index (χ1) is 11.5. The van der Waals surface area contributed by atoms with Gasteiger partial charge in [-0.25, -0.2) is 0 Å². The van der Waals surface area contributed by atoms with Crippen LogP contribution < -0.4 is 5.32 Å². The minimum absolute atomic E-state index is 0. The van der Waals surface area contributed by atoms with E-state index in [9.17, 15) is 16.8 Å². The normalized spacial score (nSPS) is 10.7. The van der Waals surface area contributed by atoms with E-state index in [2.05, 4.69) is 5.32 Å². The predicted molar refractivity (Wildman–Crippen MR) is 106 cm³/mol. The number of halogens is 1. The van der Waals surface area contributed by atoms with Gasteiger partial charge in [0.1, 0.15) is 0 Å². The van der Waals surface area contributed by atoms with Crippen LogP contribution in [-0.2, 0) is 20.2 Å². The first-order valence-corrected chi connectivity index (χ1v) is 11.6. The van der Waals surface area contributed by atoms with Crippen molar-refractivity contribution in [3.05, 3.63) is 0 Å². The largest absolute Gasteiger partial charge is 0.396 e. The third-order valence-corrected chi connectivity index (χ3v) is 4.32. The Morgan fingerprint density at radius 3 is 1.38 bits per heavy atom. The number of hydrogen-bond donors (Lipinski definition) is 5. The van der Waals surface area contributed by atoms with E-state index in [1.165, 1.54) is 6.42 Å². The molecule has 26 heavy (non-hydrogen) atoms. The highest BCUT2D eigenvalue weighted by Gasteiger charge is 1.98. The van der Waals surface area contributed by atoms with E-state index < -0.39 is 20.2 Å². The van der Waals surface area contributed by atoms with Crippen LogP contribution in [0.15, 0.2) is 0 Å². The van der Waals surface area contributed by atoms with Crippen LogP contribution >= 0.6 is 12.4 Å². The molecule has 0 heterocycles. The van der Waals surface area contributed by atoms with Crippen LogP contribution in [-0.4, -0.2) is 74.0 Å². The molecule has 0 saturated heterocycles. The molecular formula is C14H36ClNO8S2. The molecule has 0 amide bonds. The molecule has 0 radical (unpaired) electrons. The molecule has 0 rings (SSSR count). The van der Waals surface area contributed by atoms with Crippen molar-refractivity contribution in [2.75, 3.05) is 37.8 Å². The fourth-order valence-electron chi connectivity index (χ4n) is 1.44. The maximum absolute atomic E-state index is 9.79. The molecule has 0 bridgehead atoms. The fraction of sp³-hybridized carbons (Fsp3) is 1.00. The van der Waals surface area contributed by atoms with E-state index in [1.54, 1.807) is 13.8 Å². The molecule has 5 N–H and O–H groups in total. The highest BCUT2D eigenvalue weighted by atomic mass is 35.5. The summed E-state index contributed by atoms with van der Waals surface area (Å²) < 4.78 is 55.1. The first-order valence-electron chi connectivity index (χ1n) is 8.36. The lowest BCUT2D eigenvalue weighted by molar-refractivity contribution is 0.281. The summed E-state index contributed by atoms with van der Waals surface area (Å²) in [5, 5.41) is 20.0. The number of rotatable bonds is 12. The molecular weight excluding hydrogens is 410 g/mol. The smallest absolute Gasteiger partial charge is 0.264 e. The van der Waals surface area contributed by atoms with Crippen molar-refractivity contribution < 1.29 is 36.2 Å². The number of aliphatic hydroxyl groups is 2. The van der Waals surface area contributed by atoms with E-state index in [-0.39, 0.29) is 30.5 Å². The topological polar surface area (TPSA) is 161 Å². The Balaban J connectivity index is -0.000000143. The molecule has 0 aliphatic heterocycles. The van der Waals surface area contributed by atoms with Gasteiger partial charge in [-0.05, 0) is 32.2 Å². The second-order valence-electron chi connectivity index (χ2n) is 5.18. The number of aliphatic hydroxyl groups excluding tert-OH is 2. The van der Waals surface area contributed by atoms with Crippen LogP contribution in [0.1, 0.15) is 52.4 Å². The molecule has 0 unspecified atom stereocenters. The second kappa shape index (κ2) is 23.0. The quantitative estimate of drug-likeness (QED) is 0.219. The lowest BCUT2D eigenvalue weighted by Crippen LogP contribution is -2.19. The highest BCUT2D eigenvalue weighted by Crippen LogP contribution is 1.96. The second-order valence-corrected chi connectivity index (χ2v) is 8.33. The number of nitrogens with one attached hydrogen (secondary N) is 1. The van der Waals surface area contributed by atoms with Crippen molar-refractivity contribution >= 4 is 32.6 Å². The zero-order chi connectivity index (χ0) is 20.2. The highest BCUT2D eigenvalue weighted by molar-refractivity contribution is 7.86. The Morgan fingerprint density at radius 2 is 1.12 bits per heavy atom. The van der Waals surface area contributed by atoms with Gasteiger partial charge in [0.15, 0.2) is 0 Å². The molecule has 164 valence electrons. The van der Waals surface area contributed by atoms with Crippen molar-refractivity contribution in [3.8, 4) is 0 Å². The number of unbranched alkanes of at least 4 members (excludes halogenated alkanes) is 3. The monoisotopic (exact) mass is 445 g/mol. The summed E-state index contributed by atoms with van der Waals surface area (Å²) in [5.74, 6) is -0.264. The van der Waals surface area contributed by atoms with Gasteiger partial charge in [-0.15, -0.1) is 12.4 Å². The molecule has 0 aromatic carbocycles. The van der Waals surface area contributed by atoms with E-state index in [4.69, 9.17) is 19.3 Å². The molecule has 0 aliphatic carbocycles. The van der Waals surface area contributed by atoms with Crippen molar-refractivity contribution in [2.24, 2.45) is 0 Å². The maximum Gasteiger partial charge on any atom is 0.264 e. The molecule has 0 fully saturated rings. The van der Waals surface area contributed by atoms with Gasteiger partial charge in [0.25, 0.3) is 20.2 Å². The van der Waals surface area contributed by atoms with Gasteiger partial charge in [0.2, 0.25) is 0 Å². The molecule has 0 aliphatic rings. The summed E-state index contributed by atoms with van der Waals surface area (Å²) in [4.78, 5) is 0. The van der Waals surface area contributed by atoms with Crippen LogP contribution in [0, 0.1) is 0 Å².